The van der Waals surface area contributed by atoms with Crippen LogP contribution in [0.5, 0.6) is 0 Å². The smallest absolute Gasteiger partial charge is 0.251 e. The van der Waals surface area contributed by atoms with Gasteiger partial charge in [-0.2, -0.15) is 0 Å². The molecule has 21 heavy (non-hydrogen) atoms. The first-order chi connectivity index (χ1) is 9.91. The largest absolute Gasteiger partial charge is 0.344 e. The molecule has 1 N–H and O–H groups in total. The van der Waals surface area contributed by atoms with Crippen LogP contribution < -0.4 is 5.32 Å². The molecule has 2 aromatic rings. The minimum absolute atomic E-state index is 0.0640. The van der Waals surface area contributed by atoms with E-state index in [4.69, 9.17) is 0 Å². The maximum atomic E-state index is 12.1. The van der Waals surface area contributed by atoms with Gasteiger partial charge in [-0.25, -0.2) is 13.4 Å². The summed E-state index contributed by atoms with van der Waals surface area (Å²) < 4.78 is 23.0. The minimum atomic E-state index is -3.32. The van der Waals surface area contributed by atoms with E-state index in [0.717, 1.165) is 22.5 Å². The van der Waals surface area contributed by atoms with E-state index < -0.39 is 9.84 Å². The van der Waals surface area contributed by atoms with Crippen LogP contribution in [0.15, 0.2) is 35.1 Å². The summed E-state index contributed by atoms with van der Waals surface area (Å²) >= 11 is 1.08. The summed E-state index contributed by atoms with van der Waals surface area (Å²) in [6, 6.07) is 2.98. The number of sulfone groups is 1. The highest BCUT2D eigenvalue weighted by molar-refractivity contribution is 7.92. The Balaban J connectivity index is 2.17. The Morgan fingerprint density at radius 1 is 1.38 bits per heavy atom. The molecule has 112 valence electrons. The summed E-state index contributed by atoms with van der Waals surface area (Å²) in [5.74, 6) is -0.224. The Hall–Kier alpha value is -1.80. The van der Waals surface area contributed by atoms with E-state index >= 15 is 0 Å². The molecule has 1 atom stereocenters. The second-order valence-electron chi connectivity index (χ2n) is 4.47. The Morgan fingerprint density at radius 2 is 2.05 bits per heavy atom. The quantitative estimate of drug-likeness (QED) is 0.906. The summed E-state index contributed by atoms with van der Waals surface area (Å²) in [6.45, 7) is 1.91. The molecule has 0 aromatic carbocycles. The van der Waals surface area contributed by atoms with Gasteiger partial charge in [-0.15, -0.1) is 11.3 Å². The molecule has 2 aromatic heterocycles. The molecule has 1 amide bonds. The summed E-state index contributed by atoms with van der Waals surface area (Å²) in [5, 5.41) is 2.87. The molecule has 0 aliphatic heterocycles. The topological polar surface area (TPSA) is 89.0 Å². The minimum Gasteiger partial charge on any atom is -0.344 e. The van der Waals surface area contributed by atoms with Crippen LogP contribution in [0.25, 0.3) is 0 Å². The molecule has 0 saturated carbocycles. The van der Waals surface area contributed by atoms with Crippen molar-refractivity contribution in [3.8, 4) is 0 Å². The maximum Gasteiger partial charge on any atom is 0.251 e. The summed E-state index contributed by atoms with van der Waals surface area (Å²) in [6.07, 6.45) is 6.35. The normalized spacial score (nSPS) is 12.9. The third kappa shape index (κ3) is 3.85. The van der Waals surface area contributed by atoms with Crippen LogP contribution in [-0.2, 0) is 9.84 Å². The molecule has 0 fully saturated rings. The summed E-state index contributed by atoms with van der Waals surface area (Å²) in [7, 11) is -3.32. The number of hydrogen-bond acceptors (Lipinski definition) is 6. The molecule has 0 bridgehead atoms. The van der Waals surface area contributed by atoms with E-state index in [9.17, 15) is 13.2 Å². The summed E-state index contributed by atoms with van der Waals surface area (Å²) in [5.41, 5.74) is 0.510. The van der Waals surface area contributed by atoms with Crippen molar-refractivity contribution in [2.45, 2.75) is 23.7 Å². The Morgan fingerprint density at radius 3 is 2.57 bits per heavy atom. The highest BCUT2D eigenvalue weighted by atomic mass is 32.2. The Kier molecular flexibility index (Phi) is 4.69. The number of carbonyl (C=O) groups is 1. The number of thiazole rings is 1. The molecule has 0 radical (unpaired) electrons. The van der Waals surface area contributed by atoms with Crippen molar-refractivity contribution in [1.29, 1.82) is 0 Å². The number of carbonyl (C=O) groups excluding carboxylic acids is 1. The van der Waals surface area contributed by atoms with E-state index in [1.165, 1.54) is 6.20 Å². The molecule has 0 aliphatic rings. The fourth-order valence-electron chi connectivity index (χ4n) is 1.72. The predicted molar refractivity (Wildman–Crippen MR) is 80.0 cm³/mol. The van der Waals surface area contributed by atoms with Crippen molar-refractivity contribution >= 4 is 27.1 Å². The van der Waals surface area contributed by atoms with Crippen LogP contribution in [-0.4, -0.2) is 30.5 Å². The first-order valence-electron chi connectivity index (χ1n) is 6.28. The van der Waals surface area contributed by atoms with E-state index in [2.05, 4.69) is 15.3 Å². The number of aromatic nitrogens is 2. The molecule has 0 saturated heterocycles. The van der Waals surface area contributed by atoms with Gasteiger partial charge in [0.1, 0.15) is 0 Å². The van der Waals surface area contributed by atoms with E-state index in [1.807, 2.05) is 6.92 Å². The molecule has 0 aliphatic carbocycles. The fraction of sp³-hybridized carbons (Fsp3) is 0.308. The van der Waals surface area contributed by atoms with Gasteiger partial charge in [-0.05, 0) is 18.6 Å². The predicted octanol–water partition coefficient (Wildman–Crippen LogP) is 1.82. The monoisotopic (exact) mass is 325 g/mol. The molecule has 8 heteroatoms. The zero-order chi connectivity index (χ0) is 15.5. The molecule has 6 nitrogen and oxygen atoms in total. The van der Waals surface area contributed by atoms with E-state index in [0.29, 0.717) is 12.0 Å². The zero-order valence-electron chi connectivity index (χ0n) is 11.6. The highest BCUT2D eigenvalue weighted by Gasteiger charge is 2.19. The molecule has 0 spiro atoms. The molecular weight excluding hydrogens is 310 g/mol. The van der Waals surface area contributed by atoms with Crippen molar-refractivity contribution in [3.63, 3.8) is 0 Å². The molecule has 2 heterocycles. The number of nitrogens with one attached hydrogen (secondary N) is 1. The lowest BCUT2D eigenvalue weighted by atomic mass is 10.1. The van der Waals surface area contributed by atoms with Gasteiger partial charge in [0.05, 0.1) is 6.04 Å². The standard InChI is InChI=1S/C13H15N3O3S2/c1-3-10(11-8-15-13(20-11)21(2,18)19)16-12(17)9-4-6-14-7-5-9/h4-8,10H,3H2,1-2H3,(H,16,17)/t10-/m0/s1. The van der Waals surface area contributed by atoms with Crippen molar-refractivity contribution in [2.75, 3.05) is 6.26 Å². The number of amides is 1. The van der Waals surface area contributed by atoms with Gasteiger partial charge in [0.2, 0.25) is 14.2 Å². The van der Waals surface area contributed by atoms with Crippen LogP contribution >= 0.6 is 11.3 Å². The number of nitrogens with zero attached hydrogens (tertiary/aromatic N) is 2. The lowest BCUT2D eigenvalue weighted by Gasteiger charge is -2.14. The number of pyridine rings is 1. The first kappa shape index (κ1) is 15.6. The van der Waals surface area contributed by atoms with Gasteiger partial charge >= 0.3 is 0 Å². The van der Waals surface area contributed by atoms with Crippen molar-refractivity contribution in [3.05, 3.63) is 41.2 Å². The van der Waals surface area contributed by atoms with Crippen LogP contribution in [0, 0.1) is 0 Å². The maximum absolute atomic E-state index is 12.1. The van der Waals surface area contributed by atoms with Crippen LogP contribution in [0.1, 0.15) is 34.6 Å². The lowest BCUT2D eigenvalue weighted by molar-refractivity contribution is 0.0936. The molecule has 2 rings (SSSR count). The second-order valence-corrected chi connectivity index (χ2v) is 7.72. The first-order valence-corrected chi connectivity index (χ1v) is 8.99. The van der Waals surface area contributed by atoms with Crippen LogP contribution in [0.4, 0.5) is 0 Å². The fourth-order valence-corrected chi connectivity index (χ4v) is 3.64. The summed E-state index contributed by atoms with van der Waals surface area (Å²) in [4.78, 5) is 20.6. The van der Waals surface area contributed by atoms with Crippen molar-refractivity contribution < 1.29 is 13.2 Å². The van der Waals surface area contributed by atoms with Gasteiger partial charge in [0.25, 0.3) is 5.91 Å². The Bertz CT molecular complexity index is 726. The second kappa shape index (κ2) is 6.31. The van der Waals surface area contributed by atoms with E-state index in [-0.39, 0.29) is 16.3 Å². The van der Waals surface area contributed by atoms with Crippen molar-refractivity contribution in [2.24, 2.45) is 0 Å². The van der Waals surface area contributed by atoms with Crippen molar-refractivity contribution in [1.82, 2.24) is 15.3 Å². The molecular formula is C13H15N3O3S2. The van der Waals surface area contributed by atoms with Gasteiger partial charge in [0.15, 0.2) is 0 Å². The third-order valence-corrected chi connectivity index (χ3v) is 5.62. The highest BCUT2D eigenvalue weighted by Crippen LogP contribution is 2.26. The molecule has 0 unspecified atom stereocenters. The average Bonchev–Trinajstić information content (AvgIpc) is 2.95. The van der Waals surface area contributed by atoms with Gasteiger partial charge < -0.3 is 5.32 Å². The van der Waals surface area contributed by atoms with Gasteiger partial charge in [0, 0.05) is 35.3 Å². The van der Waals surface area contributed by atoms with Crippen LogP contribution in [0.2, 0.25) is 0 Å². The Labute approximate surface area is 127 Å². The van der Waals surface area contributed by atoms with Gasteiger partial charge in [-0.3, -0.25) is 9.78 Å². The van der Waals surface area contributed by atoms with Crippen LogP contribution in [0.3, 0.4) is 0 Å². The third-order valence-electron chi connectivity index (χ3n) is 2.82. The number of rotatable bonds is 5. The SMILES string of the molecule is CC[C@H](NC(=O)c1ccncc1)c1cnc(S(C)(=O)=O)s1. The number of hydrogen-bond donors (Lipinski definition) is 1. The average molecular weight is 325 g/mol. The lowest BCUT2D eigenvalue weighted by Crippen LogP contribution is -2.27. The van der Waals surface area contributed by atoms with Gasteiger partial charge in [-0.1, -0.05) is 6.92 Å². The van der Waals surface area contributed by atoms with E-state index in [1.54, 1.807) is 24.5 Å². The zero-order valence-corrected chi connectivity index (χ0v) is 13.2.